The van der Waals surface area contributed by atoms with Crippen LogP contribution in [0, 0.1) is 6.92 Å². The minimum absolute atomic E-state index is 0.112. The second-order valence-electron chi connectivity index (χ2n) is 4.04. The molecule has 0 saturated carbocycles. The van der Waals surface area contributed by atoms with Gasteiger partial charge in [-0.15, -0.1) is 16.2 Å². The summed E-state index contributed by atoms with van der Waals surface area (Å²) >= 11 is 6.71. The zero-order chi connectivity index (χ0) is 15.0. The molecule has 0 unspecified atom stereocenters. The van der Waals surface area contributed by atoms with Crippen molar-refractivity contribution in [3.05, 3.63) is 34.6 Å². The number of halogens is 1. The topological polar surface area (TPSA) is 101 Å². The second kappa shape index (κ2) is 5.22. The van der Waals surface area contributed by atoms with Gasteiger partial charge in [0.2, 0.25) is 0 Å². The van der Waals surface area contributed by atoms with Crippen molar-refractivity contribution in [1.29, 1.82) is 0 Å². The lowest BCUT2D eigenvalue weighted by Crippen LogP contribution is -2.30. The lowest BCUT2D eigenvalue weighted by Gasteiger charge is -2.09. The Morgan fingerprint density at radius 2 is 2.19 bits per heavy atom. The third-order valence-corrected chi connectivity index (χ3v) is 5.48. The van der Waals surface area contributed by atoms with Crippen molar-refractivity contribution in [1.82, 2.24) is 24.4 Å². The Balaban J connectivity index is 1.88. The maximum Gasteiger partial charge on any atom is 0.266 e. The van der Waals surface area contributed by atoms with E-state index in [-0.39, 0.29) is 4.21 Å². The van der Waals surface area contributed by atoms with E-state index >= 15 is 0 Å². The molecule has 3 aromatic rings. The summed E-state index contributed by atoms with van der Waals surface area (Å²) in [5, 5.41) is 3.96. The number of anilines is 1. The molecule has 0 fully saturated rings. The predicted octanol–water partition coefficient (Wildman–Crippen LogP) is 1.45. The van der Waals surface area contributed by atoms with Crippen LogP contribution in [0.15, 0.2) is 28.7 Å². The highest BCUT2D eigenvalue weighted by atomic mass is 35.5. The quantitative estimate of drug-likeness (QED) is 0.695. The lowest BCUT2D eigenvalue weighted by molar-refractivity contribution is 0.589. The zero-order valence-corrected chi connectivity index (χ0v) is 13.0. The molecule has 110 valence electrons. The molecule has 0 amide bonds. The van der Waals surface area contributed by atoms with Crippen molar-refractivity contribution < 1.29 is 8.42 Å². The maximum absolute atomic E-state index is 12.1. The van der Waals surface area contributed by atoms with Gasteiger partial charge in [-0.1, -0.05) is 11.6 Å². The van der Waals surface area contributed by atoms with E-state index in [2.05, 4.69) is 25.3 Å². The van der Waals surface area contributed by atoms with Crippen LogP contribution in [0.4, 0.5) is 5.82 Å². The van der Waals surface area contributed by atoms with Crippen LogP contribution in [0.1, 0.15) is 5.69 Å². The molecule has 0 aliphatic carbocycles. The Labute approximate surface area is 128 Å². The highest BCUT2D eigenvalue weighted by molar-refractivity contribution is 7.91. The van der Waals surface area contributed by atoms with Crippen LogP contribution in [0.3, 0.4) is 0 Å². The number of hydrogen-bond donors (Lipinski definition) is 2. The van der Waals surface area contributed by atoms with Gasteiger partial charge in [0.05, 0.1) is 4.34 Å². The summed E-state index contributed by atoms with van der Waals surface area (Å²) in [4.78, 5) is 10.4. The van der Waals surface area contributed by atoms with Crippen molar-refractivity contribution >= 4 is 44.6 Å². The summed E-state index contributed by atoms with van der Waals surface area (Å²) in [5.41, 5.74) is 3.29. The van der Waals surface area contributed by atoms with E-state index in [0.29, 0.717) is 21.6 Å². The number of nitrogens with one attached hydrogen (secondary N) is 2. The third-order valence-electron chi connectivity index (χ3n) is 2.51. The highest BCUT2D eigenvalue weighted by Crippen LogP contribution is 2.25. The number of aryl methyl sites for hydroxylation is 1. The standard InChI is InChI=1S/C10H9ClN6O2S2/c1-6-4-8(17-10(14-6)12-5-13-17)15-16-21(18,19)9-3-2-7(11)20-9/h2-5,15-16H,1H3. The first-order valence-corrected chi connectivity index (χ1v) is 8.34. The van der Waals surface area contributed by atoms with Crippen molar-refractivity contribution in [3.63, 3.8) is 0 Å². The summed E-state index contributed by atoms with van der Waals surface area (Å²) < 4.78 is 26.1. The number of thiophene rings is 1. The summed E-state index contributed by atoms with van der Waals surface area (Å²) in [6.07, 6.45) is 1.33. The summed E-state index contributed by atoms with van der Waals surface area (Å²) in [6.45, 7) is 1.77. The van der Waals surface area contributed by atoms with Gasteiger partial charge in [0.1, 0.15) is 16.4 Å². The van der Waals surface area contributed by atoms with Crippen LogP contribution in [-0.2, 0) is 10.0 Å². The van der Waals surface area contributed by atoms with E-state index in [0.717, 1.165) is 11.3 Å². The van der Waals surface area contributed by atoms with Crippen LogP contribution in [0.25, 0.3) is 5.78 Å². The molecule has 0 radical (unpaired) electrons. The molecule has 0 saturated heterocycles. The number of aromatic nitrogens is 4. The van der Waals surface area contributed by atoms with Gasteiger partial charge in [-0.2, -0.15) is 14.6 Å². The van der Waals surface area contributed by atoms with Crippen LogP contribution in [-0.4, -0.2) is 28.0 Å². The number of hydrogen-bond acceptors (Lipinski definition) is 7. The molecule has 0 aliphatic rings. The van der Waals surface area contributed by atoms with E-state index in [1.165, 1.54) is 23.0 Å². The number of hydrazine groups is 1. The van der Waals surface area contributed by atoms with Gasteiger partial charge in [0.15, 0.2) is 0 Å². The first-order valence-electron chi connectivity index (χ1n) is 5.66. The van der Waals surface area contributed by atoms with Gasteiger partial charge in [-0.05, 0) is 19.1 Å². The van der Waals surface area contributed by atoms with E-state index < -0.39 is 10.0 Å². The molecular formula is C10H9ClN6O2S2. The molecule has 0 spiro atoms. The SMILES string of the molecule is Cc1cc(NNS(=O)(=O)c2ccc(Cl)s2)n2ncnc2n1. The van der Waals surface area contributed by atoms with Crippen molar-refractivity contribution in [2.24, 2.45) is 0 Å². The first-order chi connectivity index (χ1) is 9.95. The fourth-order valence-corrected chi connectivity index (χ4v) is 3.97. The summed E-state index contributed by atoms with van der Waals surface area (Å²) in [6, 6.07) is 4.60. The molecule has 2 N–H and O–H groups in total. The summed E-state index contributed by atoms with van der Waals surface area (Å²) in [7, 11) is -3.71. The molecule has 0 atom stereocenters. The molecule has 11 heteroatoms. The monoisotopic (exact) mass is 344 g/mol. The molecule has 0 aliphatic heterocycles. The minimum Gasteiger partial charge on any atom is -0.292 e. The van der Waals surface area contributed by atoms with Gasteiger partial charge in [0, 0.05) is 11.8 Å². The Hall–Kier alpha value is -1.75. The predicted molar refractivity (Wildman–Crippen MR) is 78.8 cm³/mol. The molecule has 8 nitrogen and oxygen atoms in total. The Morgan fingerprint density at radius 3 is 2.90 bits per heavy atom. The number of nitrogens with zero attached hydrogens (tertiary/aromatic N) is 4. The van der Waals surface area contributed by atoms with Gasteiger partial charge in [-0.25, -0.2) is 13.4 Å². The lowest BCUT2D eigenvalue weighted by atomic mass is 10.4. The number of sulfonamides is 1. The van der Waals surface area contributed by atoms with Crippen LogP contribution < -0.4 is 10.3 Å². The van der Waals surface area contributed by atoms with Crippen molar-refractivity contribution in [3.8, 4) is 0 Å². The molecule has 21 heavy (non-hydrogen) atoms. The Bertz CT molecular complexity index is 903. The van der Waals surface area contributed by atoms with E-state index in [1.807, 2.05) is 0 Å². The Morgan fingerprint density at radius 1 is 1.38 bits per heavy atom. The van der Waals surface area contributed by atoms with Gasteiger partial charge < -0.3 is 0 Å². The summed E-state index contributed by atoms with van der Waals surface area (Å²) in [5.74, 6) is 0.775. The largest absolute Gasteiger partial charge is 0.292 e. The minimum atomic E-state index is -3.71. The second-order valence-corrected chi connectivity index (χ2v) is 7.67. The van der Waals surface area contributed by atoms with Gasteiger partial charge >= 0.3 is 0 Å². The van der Waals surface area contributed by atoms with E-state index in [1.54, 1.807) is 13.0 Å². The van der Waals surface area contributed by atoms with Crippen molar-refractivity contribution in [2.75, 3.05) is 5.43 Å². The van der Waals surface area contributed by atoms with Gasteiger partial charge in [0.25, 0.3) is 15.8 Å². The van der Waals surface area contributed by atoms with Crippen LogP contribution in [0.5, 0.6) is 0 Å². The maximum atomic E-state index is 12.1. The van der Waals surface area contributed by atoms with Crippen LogP contribution in [0.2, 0.25) is 4.34 Å². The number of rotatable bonds is 4. The normalized spacial score (nSPS) is 11.9. The average Bonchev–Trinajstić information content (AvgIpc) is 3.04. The van der Waals surface area contributed by atoms with Crippen LogP contribution >= 0.6 is 22.9 Å². The molecule has 3 rings (SSSR count). The fourth-order valence-electron chi connectivity index (χ4n) is 1.63. The fraction of sp³-hybridized carbons (Fsp3) is 0.100. The van der Waals surface area contributed by atoms with Gasteiger partial charge in [-0.3, -0.25) is 5.43 Å². The van der Waals surface area contributed by atoms with E-state index in [4.69, 9.17) is 11.6 Å². The zero-order valence-electron chi connectivity index (χ0n) is 10.6. The number of fused-ring (bicyclic) bond motifs is 1. The Kier molecular flexibility index (Phi) is 3.53. The highest BCUT2D eigenvalue weighted by Gasteiger charge is 2.17. The van der Waals surface area contributed by atoms with Crippen molar-refractivity contribution in [2.45, 2.75) is 11.1 Å². The third kappa shape index (κ3) is 2.83. The van der Waals surface area contributed by atoms with E-state index in [9.17, 15) is 8.42 Å². The molecular weight excluding hydrogens is 336 g/mol. The first kappa shape index (κ1) is 14.2. The molecule has 3 aromatic heterocycles. The smallest absolute Gasteiger partial charge is 0.266 e. The molecule has 3 heterocycles. The average molecular weight is 345 g/mol. The molecule has 0 aromatic carbocycles. The molecule has 0 bridgehead atoms.